The van der Waals surface area contributed by atoms with Gasteiger partial charge in [0.05, 0.1) is 6.61 Å². The summed E-state index contributed by atoms with van der Waals surface area (Å²) in [6, 6.07) is 6.21. The van der Waals surface area contributed by atoms with E-state index in [1.54, 1.807) is 0 Å². The number of rotatable bonds is 3. The van der Waals surface area contributed by atoms with Gasteiger partial charge in [-0.25, -0.2) is 0 Å². The van der Waals surface area contributed by atoms with Crippen molar-refractivity contribution in [2.45, 2.75) is 53.5 Å². The molecule has 2 amide bonds. The van der Waals surface area contributed by atoms with Crippen LogP contribution in [0.25, 0.3) is 0 Å². The van der Waals surface area contributed by atoms with E-state index in [-0.39, 0.29) is 23.1 Å². The molecule has 2 heterocycles. The number of amides is 2. The Morgan fingerprint density at radius 1 is 1.07 bits per heavy atom. The van der Waals surface area contributed by atoms with Crippen molar-refractivity contribution < 1.29 is 14.3 Å². The molecule has 0 saturated carbocycles. The zero-order valence-electron chi connectivity index (χ0n) is 17.1. The SMILES string of the molecule is CCOc1ccc2c(c1)CN(C(=O)C1CCN(C(=O)C(C)(C)C)CC1)CC2. The third-order valence-corrected chi connectivity index (χ3v) is 5.59. The maximum atomic E-state index is 13.0. The molecule has 0 aromatic heterocycles. The number of benzene rings is 1. The lowest BCUT2D eigenvalue weighted by molar-refractivity contribution is -0.145. The quantitative estimate of drug-likeness (QED) is 0.818. The molecule has 2 aliphatic rings. The summed E-state index contributed by atoms with van der Waals surface area (Å²) in [4.78, 5) is 29.4. The van der Waals surface area contributed by atoms with Crippen LogP contribution in [0.3, 0.4) is 0 Å². The highest BCUT2D eigenvalue weighted by Crippen LogP contribution is 2.28. The van der Waals surface area contributed by atoms with E-state index in [1.807, 2.05) is 43.6 Å². The smallest absolute Gasteiger partial charge is 0.227 e. The number of hydrogen-bond acceptors (Lipinski definition) is 3. The molecule has 0 spiro atoms. The number of piperidine rings is 1. The van der Waals surface area contributed by atoms with Gasteiger partial charge in [-0.05, 0) is 49.4 Å². The average molecular weight is 373 g/mol. The summed E-state index contributed by atoms with van der Waals surface area (Å²) < 4.78 is 5.60. The van der Waals surface area contributed by atoms with E-state index in [2.05, 4.69) is 12.1 Å². The molecule has 1 fully saturated rings. The fraction of sp³-hybridized carbons (Fsp3) is 0.636. The van der Waals surface area contributed by atoms with Gasteiger partial charge in [0.1, 0.15) is 5.75 Å². The first-order chi connectivity index (χ1) is 12.8. The molecule has 0 aliphatic carbocycles. The summed E-state index contributed by atoms with van der Waals surface area (Å²) in [5.41, 5.74) is 2.15. The highest BCUT2D eigenvalue weighted by molar-refractivity contribution is 5.83. The van der Waals surface area contributed by atoms with Crippen molar-refractivity contribution in [1.82, 2.24) is 9.80 Å². The fourth-order valence-electron chi connectivity index (χ4n) is 4.04. The lowest BCUT2D eigenvalue weighted by Gasteiger charge is -2.38. The number of nitrogens with zero attached hydrogens (tertiary/aromatic N) is 2. The van der Waals surface area contributed by atoms with Crippen molar-refractivity contribution in [3.63, 3.8) is 0 Å². The summed E-state index contributed by atoms with van der Waals surface area (Å²) >= 11 is 0. The molecule has 0 N–H and O–H groups in total. The van der Waals surface area contributed by atoms with Crippen molar-refractivity contribution in [2.24, 2.45) is 11.3 Å². The molecular formula is C22H32N2O3. The summed E-state index contributed by atoms with van der Waals surface area (Å²) in [6.07, 6.45) is 2.43. The van der Waals surface area contributed by atoms with Gasteiger partial charge in [0.2, 0.25) is 11.8 Å². The molecular weight excluding hydrogens is 340 g/mol. The van der Waals surface area contributed by atoms with Crippen molar-refractivity contribution in [3.05, 3.63) is 29.3 Å². The Morgan fingerprint density at radius 3 is 2.41 bits per heavy atom. The third-order valence-electron chi connectivity index (χ3n) is 5.59. The number of hydrogen-bond donors (Lipinski definition) is 0. The summed E-state index contributed by atoms with van der Waals surface area (Å²) in [5.74, 6) is 1.33. The van der Waals surface area contributed by atoms with Gasteiger partial charge in [-0.3, -0.25) is 9.59 Å². The molecule has 0 radical (unpaired) electrons. The van der Waals surface area contributed by atoms with Crippen LogP contribution in [-0.4, -0.2) is 47.9 Å². The maximum absolute atomic E-state index is 13.0. The number of fused-ring (bicyclic) bond motifs is 1. The third kappa shape index (κ3) is 4.45. The van der Waals surface area contributed by atoms with Gasteiger partial charge < -0.3 is 14.5 Å². The number of likely N-dealkylation sites (tertiary alicyclic amines) is 1. The Kier molecular flexibility index (Phi) is 5.78. The normalized spacial score (nSPS) is 18.2. The van der Waals surface area contributed by atoms with Crippen LogP contribution in [0.15, 0.2) is 18.2 Å². The maximum Gasteiger partial charge on any atom is 0.227 e. The van der Waals surface area contributed by atoms with Gasteiger partial charge in [0.15, 0.2) is 0 Å². The van der Waals surface area contributed by atoms with E-state index in [4.69, 9.17) is 4.74 Å². The molecule has 1 saturated heterocycles. The highest BCUT2D eigenvalue weighted by atomic mass is 16.5. The van der Waals surface area contributed by atoms with Gasteiger partial charge >= 0.3 is 0 Å². The van der Waals surface area contributed by atoms with Crippen molar-refractivity contribution in [3.8, 4) is 5.75 Å². The molecule has 5 heteroatoms. The Balaban J connectivity index is 1.60. The van der Waals surface area contributed by atoms with Crippen LogP contribution in [-0.2, 0) is 22.6 Å². The van der Waals surface area contributed by atoms with E-state index >= 15 is 0 Å². The largest absolute Gasteiger partial charge is 0.494 e. The predicted molar refractivity (Wildman–Crippen MR) is 105 cm³/mol. The number of carbonyl (C=O) groups excluding carboxylic acids is 2. The molecule has 1 aromatic rings. The second-order valence-corrected chi connectivity index (χ2v) is 8.69. The van der Waals surface area contributed by atoms with Crippen LogP contribution in [0, 0.1) is 11.3 Å². The first-order valence-electron chi connectivity index (χ1n) is 10.1. The Bertz CT molecular complexity index is 700. The topological polar surface area (TPSA) is 49.9 Å². The zero-order chi connectivity index (χ0) is 19.6. The van der Waals surface area contributed by atoms with Gasteiger partial charge in [-0.1, -0.05) is 26.8 Å². The van der Waals surface area contributed by atoms with Crippen LogP contribution in [0.1, 0.15) is 51.7 Å². The van der Waals surface area contributed by atoms with Gasteiger partial charge in [-0.2, -0.15) is 0 Å². The minimum absolute atomic E-state index is 0.0330. The van der Waals surface area contributed by atoms with Crippen LogP contribution in [0.4, 0.5) is 0 Å². The Hall–Kier alpha value is -2.04. The van der Waals surface area contributed by atoms with Crippen molar-refractivity contribution in [2.75, 3.05) is 26.2 Å². The zero-order valence-corrected chi connectivity index (χ0v) is 17.1. The van der Waals surface area contributed by atoms with Crippen LogP contribution >= 0.6 is 0 Å². The van der Waals surface area contributed by atoms with E-state index in [0.29, 0.717) is 26.2 Å². The second-order valence-electron chi connectivity index (χ2n) is 8.69. The van der Waals surface area contributed by atoms with Crippen LogP contribution < -0.4 is 4.74 Å². The summed E-state index contributed by atoms with van der Waals surface area (Å²) in [7, 11) is 0. The Morgan fingerprint density at radius 2 is 1.78 bits per heavy atom. The minimum atomic E-state index is -0.355. The van der Waals surface area contributed by atoms with E-state index in [1.165, 1.54) is 11.1 Å². The van der Waals surface area contributed by atoms with E-state index < -0.39 is 0 Å². The van der Waals surface area contributed by atoms with Gasteiger partial charge in [0, 0.05) is 37.5 Å². The predicted octanol–water partition coefficient (Wildman–Crippen LogP) is 3.25. The molecule has 5 nitrogen and oxygen atoms in total. The monoisotopic (exact) mass is 372 g/mol. The molecule has 2 aliphatic heterocycles. The summed E-state index contributed by atoms with van der Waals surface area (Å²) in [5, 5.41) is 0. The molecule has 3 rings (SSSR count). The first-order valence-corrected chi connectivity index (χ1v) is 10.1. The Labute approximate surface area is 162 Å². The van der Waals surface area contributed by atoms with Crippen molar-refractivity contribution in [1.29, 1.82) is 0 Å². The molecule has 27 heavy (non-hydrogen) atoms. The lowest BCUT2D eigenvalue weighted by Crippen LogP contribution is -2.48. The molecule has 1 aromatic carbocycles. The highest BCUT2D eigenvalue weighted by Gasteiger charge is 2.34. The minimum Gasteiger partial charge on any atom is -0.494 e. The van der Waals surface area contributed by atoms with Gasteiger partial charge in [-0.15, -0.1) is 0 Å². The summed E-state index contributed by atoms with van der Waals surface area (Å²) in [6.45, 7) is 11.3. The van der Waals surface area contributed by atoms with Crippen molar-refractivity contribution >= 4 is 11.8 Å². The number of ether oxygens (including phenoxy) is 1. The molecule has 0 atom stereocenters. The fourth-order valence-corrected chi connectivity index (χ4v) is 4.04. The number of carbonyl (C=O) groups is 2. The lowest BCUT2D eigenvalue weighted by atomic mass is 9.90. The van der Waals surface area contributed by atoms with Crippen LogP contribution in [0.2, 0.25) is 0 Å². The van der Waals surface area contributed by atoms with Crippen LogP contribution in [0.5, 0.6) is 5.75 Å². The second kappa shape index (κ2) is 7.91. The molecule has 148 valence electrons. The molecule has 0 unspecified atom stereocenters. The average Bonchev–Trinajstić information content (AvgIpc) is 2.66. The first kappa shape index (κ1) is 19.7. The van der Waals surface area contributed by atoms with E-state index in [0.717, 1.165) is 31.6 Å². The standard InChI is InChI=1S/C22H32N2O3/c1-5-27-19-7-6-16-8-13-24(15-18(16)14-19)20(25)17-9-11-23(12-10-17)21(26)22(2,3)4/h6-7,14,17H,5,8-13,15H2,1-4H3. The van der Waals surface area contributed by atoms with Gasteiger partial charge in [0.25, 0.3) is 0 Å². The van der Waals surface area contributed by atoms with E-state index in [9.17, 15) is 9.59 Å². The molecule has 0 bridgehead atoms.